The molecule has 0 aliphatic rings. The number of nitrogens with zero attached hydrogens (tertiary/aromatic N) is 1. The molecule has 0 saturated carbocycles. The number of methoxy groups -OCH3 is 1. The monoisotopic (exact) mass is 322 g/mol. The van der Waals surface area contributed by atoms with Gasteiger partial charge in [-0.15, -0.1) is 11.3 Å². The van der Waals surface area contributed by atoms with E-state index in [0.717, 1.165) is 20.8 Å². The zero-order chi connectivity index (χ0) is 13.0. The fourth-order valence-corrected chi connectivity index (χ4v) is 2.94. The molecule has 0 bridgehead atoms. The van der Waals surface area contributed by atoms with Gasteiger partial charge in [0.15, 0.2) is 0 Å². The topological polar surface area (TPSA) is 45.0 Å². The summed E-state index contributed by atoms with van der Waals surface area (Å²) in [4.78, 5) is 0.986. The second kappa shape index (κ2) is 5.89. The highest BCUT2D eigenvalue weighted by molar-refractivity contribution is 9.10. The molecule has 1 aromatic carbocycles. The number of hydrogen-bond acceptors (Lipinski definition) is 4. The Bertz CT molecular complexity index is 559. The van der Waals surface area contributed by atoms with Gasteiger partial charge in [-0.1, -0.05) is 0 Å². The standard InChI is InChI=1S/C13H11BrN2OS/c1-17-11-4-2-10(3-5-11)16-12(7-15)13-6-9(14)8-18-13/h2-6,8,12,16H,1H3. The first-order valence-electron chi connectivity index (χ1n) is 5.27. The Kier molecular flexibility index (Phi) is 4.24. The molecular formula is C13H11BrN2OS. The van der Waals surface area contributed by atoms with Crippen LogP contribution in [-0.2, 0) is 0 Å². The van der Waals surface area contributed by atoms with Crippen LogP contribution < -0.4 is 10.1 Å². The van der Waals surface area contributed by atoms with Crippen molar-refractivity contribution >= 4 is 33.0 Å². The molecule has 1 unspecified atom stereocenters. The zero-order valence-corrected chi connectivity index (χ0v) is 12.1. The van der Waals surface area contributed by atoms with Crippen LogP contribution in [0.15, 0.2) is 40.2 Å². The van der Waals surface area contributed by atoms with Crippen LogP contribution in [0.2, 0.25) is 0 Å². The summed E-state index contributed by atoms with van der Waals surface area (Å²) >= 11 is 4.94. The largest absolute Gasteiger partial charge is 0.497 e. The minimum Gasteiger partial charge on any atom is -0.497 e. The van der Waals surface area contributed by atoms with Crippen LogP contribution in [0.4, 0.5) is 5.69 Å². The Morgan fingerprint density at radius 2 is 2.11 bits per heavy atom. The lowest BCUT2D eigenvalue weighted by atomic mass is 10.2. The average molecular weight is 323 g/mol. The molecule has 2 aromatic rings. The molecular weight excluding hydrogens is 312 g/mol. The highest BCUT2D eigenvalue weighted by atomic mass is 79.9. The Morgan fingerprint density at radius 1 is 1.39 bits per heavy atom. The SMILES string of the molecule is COc1ccc(NC(C#N)c2cc(Br)cs2)cc1. The van der Waals surface area contributed by atoms with Crippen molar-refractivity contribution in [2.75, 3.05) is 12.4 Å². The Balaban J connectivity index is 2.13. The number of thiophene rings is 1. The van der Waals surface area contributed by atoms with Gasteiger partial charge in [-0.3, -0.25) is 0 Å². The van der Waals surface area contributed by atoms with E-state index >= 15 is 0 Å². The summed E-state index contributed by atoms with van der Waals surface area (Å²) in [5.74, 6) is 0.799. The normalized spacial score (nSPS) is 11.6. The Hall–Kier alpha value is -1.51. The van der Waals surface area contributed by atoms with Crippen LogP contribution in [0.1, 0.15) is 10.9 Å². The molecule has 0 radical (unpaired) electrons. The van der Waals surface area contributed by atoms with E-state index in [9.17, 15) is 5.26 Å². The van der Waals surface area contributed by atoms with Crippen LogP contribution in [0.5, 0.6) is 5.75 Å². The molecule has 3 nitrogen and oxygen atoms in total. The van der Waals surface area contributed by atoms with Gasteiger partial charge in [-0.25, -0.2) is 0 Å². The lowest BCUT2D eigenvalue weighted by Gasteiger charge is -2.11. The predicted molar refractivity (Wildman–Crippen MR) is 77.0 cm³/mol. The third-order valence-corrected chi connectivity index (χ3v) is 4.16. The van der Waals surface area contributed by atoms with Crippen molar-refractivity contribution in [3.05, 3.63) is 45.1 Å². The minimum atomic E-state index is -0.338. The number of nitrogens with one attached hydrogen (secondary N) is 1. The molecule has 1 heterocycles. The van der Waals surface area contributed by atoms with E-state index in [1.54, 1.807) is 18.4 Å². The lowest BCUT2D eigenvalue weighted by Crippen LogP contribution is -2.06. The lowest BCUT2D eigenvalue weighted by molar-refractivity contribution is 0.415. The van der Waals surface area contributed by atoms with E-state index in [1.807, 2.05) is 35.7 Å². The van der Waals surface area contributed by atoms with E-state index in [1.165, 1.54) is 0 Å². The highest BCUT2D eigenvalue weighted by Crippen LogP contribution is 2.28. The fraction of sp³-hybridized carbons (Fsp3) is 0.154. The summed E-state index contributed by atoms with van der Waals surface area (Å²) in [7, 11) is 1.63. The van der Waals surface area contributed by atoms with Gasteiger partial charge < -0.3 is 10.1 Å². The van der Waals surface area contributed by atoms with Gasteiger partial charge in [0.25, 0.3) is 0 Å². The van der Waals surface area contributed by atoms with E-state index in [-0.39, 0.29) is 6.04 Å². The van der Waals surface area contributed by atoms with Gasteiger partial charge in [0.05, 0.1) is 13.2 Å². The number of ether oxygens (including phenoxy) is 1. The molecule has 1 atom stereocenters. The van der Waals surface area contributed by atoms with Crippen molar-refractivity contribution in [2.45, 2.75) is 6.04 Å². The third-order valence-electron chi connectivity index (χ3n) is 2.40. The average Bonchev–Trinajstić information content (AvgIpc) is 2.83. The first kappa shape index (κ1) is 12.9. The first-order valence-corrected chi connectivity index (χ1v) is 6.94. The van der Waals surface area contributed by atoms with Gasteiger partial charge in [0.1, 0.15) is 11.8 Å². The van der Waals surface area contributed by atoms with E-state index in [4.69, 9.17) is 4.74 Å². The number of anilines is 1. The summed E-state index contributed by atoms with van der Waals surface area (Å²) in [5.41, 5.74) is 0.895. The van der Waals surface area contributed by atoms with Crippen LogP contribution in [0, 0.1) is 11.3 Å². The molecule has 0 aliphatic heterocycles. The zero-order valence-electron chi connectivity index (χ0n) is 9.68. The third kappa shape index (κ3) is 3.03. The van der Waals surface area contributed by atoms with Gasteiger partial charge in [-0.05, 0) is 46.3 Å². The predicted octanol–water partition coefficient (Wildman–Crippen LogP) is 4.20. The molecule has 0 saturated heterocycles. The van der Waals surface area contributed by atoms with Crippen molar-refractivity contribution in [1.82, 2.24) is 0 Å². The van der Waals surface area contributed by atoms with Gasteiger partial charge in [-0.2, -0.15) is 5.26 Å². The van der Waals surface area contributed by atoms with Crippen molar-refractivity contribution in [3.63, 3.8) is 0 Å². The number of hydrogen-bond donors (Lipinski definition) is 1. The van der Waals surface area contributed by atoms with Crippen molar-refractivity contribution in [3.8, 4) is 11.8 Å². The highest BCUT2D eigenvalue weighted by Gasteiger charge is 2.12. The maximum absolute atomic E-state index is 9.20. The molecule has 5 heteroatoms. The Labute approximate surface area is 118 Å². The van der Waals surface area contributed by atoms with Crippen LogP contribution >= 0.6 is 27.3 Å². The second-order valence-electron chi connectivity index (χ2n) is 3.60. The van der Waals surface area contributed by atoms with Crippen molar-refractivity contribution < 1.29 is 4.74 Å². The molecule has 0 spiro atoms. The smallest absolute Gasteiger partial charge is 0.149 e. The minimum absolute atomic E-state index is 0.338. The maximum atomic E-state index is 9.20. The van der Waals surface area contributed by atoms with Gasteiger partial charge >= 0.3 is 0 Å². The molecule has 1 N–H and O–H groups in total. The molecule has 0 aliphatic carbocycles. The summed E-state index contributed by atoms with van der Waals surface area (Å²) < 4.78 is 6.09. The van der Waals surface area contributed by atoms with Crippen LogP contribution in [0.25, 0.3) is 0 Å². The molecule has 1 aromatic heterocycles. The van der Waals surface area contributed by atoms with E-state index < -0.39 is 0 Å². The molecule has 0 fully saturated rings. The summed E-state index contributed by atoms with van der Waals surface area (Å²) in [5, 5.41) is 14.4. The van der Waals surface area contributed by atoms with Gasteiger partial charge in [0, 0.05) is 20.4 Å². The number of nitriles is 1. The fourth-order valence-electron chi connectivity index (χ4n) is 1.50. The van der Waals surface area contributed by atoms with Gasteiger partial charge in [0.2, 0.25) is 0 Å². The first-order chi connectivity index (χ1) is 8.72. The maximum Gasteiger partial charge on any atom is 0.149 e. The number of rotatable bonds is 4. The summed E-state index contributed by atoms with van der Waals surface area (Å²) in [6, 6.07) is 11.4. The Morgan fingerprint density at radius 3 is 2.61 bits per heavy atom. The quantitative estimate of drug-likeness (QED) is 0.917. The summed E-state index contributed by atoms with van der Waals surface area (Å²) in [6.45, 7) is 0. The number of benzene rings is 1. The van der Waals surface area contributed by atoms with Crippen molar-refractivity contribution in [1.29, 1.82) is 5.26 Å². The second-order valence-corrected chi connectivity index (χ2v) is 5.46. The molecule has 2 rings (SSSR count). The van der Waals surface area contributed by atoms with Crippen LogP contribution in [0.3, 0.4) is 0 Å². The number of halogens is 1. The van der Waals surface area contributed by atoms with Crippen molar-refractivity contribution in [2.24, 2.45) is 0 Å². The summed E-state index contributed by atoms with van der Waals surface area (Å²) in [6.07, 6.45) is 0. The van der Waals surface area contributed by atoms with E-state index in [0.29, 0.717) is 0 Å². The van der Waals surface area contributed by atoms with Crippen LogP contribution in [-0.4, -0.2) is 7.11 Å². The molecule has 0 amide bonds. The molecule has 18 heavy (non-hydrogen) atoms. The van der Waals surface area contributed by atoms with E-state index in [2.05, 4.69) is 27.3 Å². The molecule has 92 valence electrons.